The summed E-state index contributed by atoms with van der Waals surface area (Å²) in [5, 5.41) is 45.2. The first-order chi connectivity index (χ1) is 18.2. The molecule has 0 aliphatic rings. The van der Waals surface area contributed by atoms with Gasteiger partial charge in [0.2, 0.25) is 23.6 Å². The zero-order valence-electron chi connectivity index (χ0n) is 21.6. The van der Waals surface area contributed by atoms with Gasteiger partial charge in [0.05, 0.1) is 12.6 Å². The first-order valence-corrected chi connectivity index (χ1v) is 12.2. The summed E-state index contributed by atoms with van der Waals surface area (Å²) in [6.45, 7) is 0.549. The predicted molar refractivity (Wildman–Crippen MR) is 133 cm³/mol. The number of rotatable bonds is 20. The minimum Gasteiger partial charge on any atom is -0.481 e. The molecule has 4 amide bonds. The molecule has 0 rings (SSSR count). The summed E-state index contributed by atoms with van der Waals surface area (Å²) in [7, 11) is 0. The zero-order valence-corrected chi connectivity index (χ0v) is 21.6. The van der Waals surface area contributed by atoms with Gasteiger partial charge in [0.15, 0.2) is 0 Å². The highest BCUT2D eigenvalue weighted by molar-refractivity contribution is 5.95. The topological polar surface area (TPSA) is 301 Å². The first-order valence-electron chi connectivity index (χ1n) is 12.2. The number of aliphatic carboxylic acids is 3. The zero-order chi connectivity index (χ0) is 30.1. The van der Waals surface area contributed by atoms with Crippen LogP contribution in [0.1, 0.15) is 51.9 Å². The van der Waals surface area contributed by atoms with Gasteiger partial charge in [0.1, 0.15) is 24.2 Å². The van der Waals surface area contributed by atoms with Crippen molar-refractivity contribution in [3.8, 4) is 0 Å². The van der Waals surface area contributed by atoms with Crippen LogP contribution in [0.25, 0.3) is 0 Å². The fraction of sp³-hybridized carbons (Fsp3) is 0.682. The van der Waals surface area contributed by atoms with Crippen LogP contribution in [0, 0.1) is 0 Å². The highest BCUT2D eigenvalue weighted by Crippen LogP contribution is 2.06. The Balaban J connectivity index is 5.64. The van der Waals surface area contributed by atoms with Crippen LogP contribution in [0.2, 0.25) is 0 Å². The highest BCUT2D eigenvalue weighted by atomic mass is 16.4. The number of carbonyl (C=O) groups is 7. The van der Waals surface area contributed by atoms with E-state index in [-0.39, 0.29) is 25.8 Å². The molecule has 39 heavy (non-hydrogen) atoms. The number of carboxylic acids is 3. The third-order valence-electron chi connectivity index (χ3n) is 5.41. The Labute approximate surface area is 224 Å². The fourth-order valence-electron chi connectivity index (χ4n) is 3.10. The molecule has 12 N–H and O–H groups in total. The molecule has 17 heteroatoms. The van der Waals surface area contributed by atoms with Crippen molar-refractivity contribution in [1.82, 2.24) is 21.3 Å². The quantitative estimate of drug-likeness (QED) is 0.0637. The molecule has 0 spiro atoms. The van der Waals surface area contributed by atoms with Crippen LogP contribution in [0.15, 0.2) is 0 Å². The number of aliphatic hydroxyl groups excluding tert-OH is 1. The third-order valence-corrected chi connectivity index (χ3v) is 5.41. The van der Waals surface area contributed by atoms with Gasteiger partial charge < -0.3 is 53.2 Å². The molecule has 0 aromatic carbocycles. The maximum atomic E-state index is 13.0. The number of nitrogens with one attached hydrogen (secondary N) is 4. The summed E-state index contributed by atoms with van der Waals surface area (Å²) in [6.07, 6.45) is -0.785. The number of hydrogen-bond donors (Lipinski definition) is 10. The van der Waals surface area contributed by atoms with Crippen molar-refractivity contribution in [2.45, 2.75) is 82.1 Å². The third kappa shape index (κ3) is 14.6. The first kappa shape index (κ1) is 35.2. The lowest BCUT2D eigenvalue weighted by Gasteiger charge is -2.25. The van der Waals surface area contributed by atoms with Gasteiger partial charge in [-0.05, 0) is 45.6 Å². The molecule has 222 valence electrons. The SMILES string of the molecule is C[C@H](NC(=O)[C@H](CO)NC(=O)[C@H](CCCCN)NC(=O)[C@H](CCC(=O)O)NC(=O)[C@@H](N)CCC(=O)O)C(=O)O. The number of aliphatic hydroxyl groups is 1. The second-order valence-corrected chi connectivity index (χ2v) is 8.69. The van der Waals surface area contributed by atoms with Crippen molar-refractivity contribution in [1.29, 1.82) is 0 Å². The minimum absolute atomic E-state index is 0.0117. The van der Waals surface area contributed by atoms with E-state index in [9.17, 15) is 38.7 Å². The maximum Gasteiger partial charge on any atom is 0.325 e. The molecule has 0 radical (unpaired) electrons. The molecule has 5 atom stereocenters. The van der Waals surface area contributed by atoms with Crippen LogP contribution in [0.4, 0.5) is 0 Å². The molecular weight excluding hydrogens is 524 g/mol. The molecule has 0 saturated carbocycles. The van der Waals surface area contributed by atoms with Crippen LogP contribution < -0.4 is 32.7 Å². The van der Waals surface area contributed by atoms with E-state index in [1.54, 1.807) is 0 Å². The average Bonchev–Trinajstić information content (AvgIpc) is 2.86. The summed E-state index contributed by atoms with van der Waals surface area (Å²) >= 11 is 0. The van der Waals surface area contributed by atoms with E-state index >= 15 is 0 Å². The monoisotopic (exact) mass is 562 g/mol. The van der Waals surface area contributed by atoms with Gasteiger partial charge in [-0.25, -0.2) is 0 Å². The molecule has 0 unspecified atom stereocenters. The van der Waals surface area contributed by atoms with Gasteiger partial charge in [0, 0.05) is 12.8 Å². The van der Waals surface area contributed by atoms with E-state index in [1.165, 1.54) is 6.92 Å². The number of hydrogen-bond acceptors (Lipinski definition) is 10. The summed E-state index contributed by atoms with van der Waals surface area (Å²) < 4.78 is 0. The van der Waals surface area contributed by atoms with E-state index in [4.69, 9.17) is 26.8 Å². The van der Waals surface area contributed by atoms with Crippen molar-refractivity contribution in [2.24, 2.45) is 11.5 Å². The molecule has 0 aromatic heterocycles. The predicted octanol–water partition coefficient (Wildman–Crippen LogP) is -3.79. The van der Waals surface area contributed by atoms with E-state index < -0.39 is 91.2 Å². The van der Waals surface area contributed by atoms with Crippen molar-refractivity contribution < 1.29 is 54.0 Å². The fourth-order valence-corrected chi connectivity index (χ4v) is 3.10. The molecule has 17 nitrogen and oxygen atoms in total. The van der Waals surface area contributed by atoms with Gasteiger partial charge in [-0.1, -0.05) is 0 Å². The summed E-state index contributed by atoms with van der Waals surface area (Å²) in [5.74, 6) is -7.59. The Morgan fingerprint density at radius 2 is 1.13 bits per heavy atom. The van der Waals surface area contributed by atoms with Crippen molar-refractivity contribution in [3.05, 3.63) is 0 Å². The normalized spacial score (nSPS) is 14.6. The maximum absolute atomic E-state index is 13.0. The Morgan fingerprint density at radius 3 is 1.62 bits per heavy atom. The van der Waals surface area contributed by atoms with Gasteiger partial charge in [-0.2, -0.15) is 0 Å². The number of amides is 4. The lowest BCUT2D eigenvalue weighted by Crippen LogP contribution is -2.59. The van der Waals surface area contributed by atoms with Gasteiger partial charge in [-0.3, -0.25) is 33.6 Å². The lowest BCUT2D eigenvalue weighted by atomic mass is 10.0. The van der Waals surface area contributed by atoms with Crippen LogP contribution in [0.5, 0.6) is 0 Å². The lowest BCUT2D eigenvalue weighted by molar-refractivity contribution is -0.142. The summed E-state index contributed by atoms with van der Waals surface area (Å²) in [4.78, 5) is 83.3. The number of unbranched alkanes of at least 4 members (excludes halogenated alkanes) is 1. The molecular formula is C22H38N6O11. The van der Waals surface area contributed by atoms with Crippen LogP contribution in [-0.4, -0.2) is 105 Å². The van der Waals surface area contributed by atoms with Crippen molar-refractivity contribution in [2.75, 3.05) is 13.2 Å². The van der Waals surface area contributed by atoms with Crippen LogP contribution in [-0.2, 0) is 33.6 Å². The smallest absolute Gasteiger partial charge is 0.325 e. The van der Waals surface area contributed by atoms with E-state index in [1.807, 2.05) is 0 Å². The Kier molecular flexibility index (Phi) is 16.6. The average molecular weight is 563 g/mol. The molecule has 0 heterocycles. The van der Waals surface area contributed by atoms with Crippen molar-refractivity contribution in [3.63, 3.8) is 0 Å². The van der Waals surface area contributed by atoms with Crippen LogP contribution in [0.3, 0.4) is 0 Å². The number of carboxylic acid groups (broad SMARTS) is 3. The molecule has 0 saturated heterocycles. The van der Waals surface area contributed by atoms with E-state index in [0.29, 0.717) is 12.8 Å². The highest BCUT2D eigenvalue weighted by Gasteiger charge is 2.31. The molecule has 0 bridgehead atoms. The Hall–Kier alpha value is -3.83. The molecule has 0 aliphatic carbocycles. The Morgan fingerprint density at radius 1 is 0.667 bits per heavy atom. The number of carbonyl (C=O) groups excluding carboxylic acids is 4. The summed E-state index contributed by atoms with van der Waals surface area (Å²) in [6, 6.07) is -6.94. The number of nitrogens with two attached hydrogens (primary N) is 2. The standard InChI is InChI=1S/C22H38N6O11/c1-11(22(38)39)25-21(37)15(10-29)28-19(35)13(4-2-3-9-23)27-20(36)14(6-8-17(32)33)26-18(34)12(24)5-7-16(30)31/h11-15,29H,2-10,23-24H2,1H3,(H,25,37)(H,26,34)(H,27,36)(H,28,35)(H,30,31)(H,32,33)(H,38,39)/t11-,12-,13-,14-,15-/m0/s1. The minimum atomic E-state index is -1.55. The largest absolute Gasteiger partial charge is 0.481 e. The molecule has 0 aromatic rings. The Bertz CT molecular complexity index is 885. The van der Waals surface area contributed by atoms with E-state index in [2.05, 4.69) is 21.3 Å². The second-order valence-electron chi connectivity index (χ2n) is 8.69. The van der Waals surface area contributed by atoms with Crippen LogP contribution >= 0.6 is 0 Å². The molecule has 0 aliphatic heterocycles. The van der Waals surface area contributed by atoms with Gasteiger partial charge in [0.25, 0.3) is 0 Å². The van der Waals surface area contributed by atoms with Gasteiger partial charge in [-0.15, -0.1) is 0 Å². The van der Waals surface area contributed by atoms with Gasteiger partial charge >= 0.3 is 17.9 Å². The molecule has 0 fully saturated rings. The summed E-state index contributed by atoms with van der Waals surface area (Å²) in [5.41, 5.74) is 11.1. The van der Waals surface area contributed by atoms with Crippen molar-refractivity contribution >= 4 is 41.5 Å². The van der Waals surface area contributed by atoms with E-state index in [0.717, 1.165) is 0 Å². The second kappa shape index (κ2) is 18.4.